The lowest BCUT2D eigenvalue weighted by Crippen LogP contribution is -2.03. The van der Waals surface area contributed by atoms with Crippen molar-refractivity contribution in [2.24, 2.45) is 0 Å². The van der Waals surface area contributed by atoms with Gasteiger partial charge in [-0.15, -0.1) is 0 Å². The van der Waals surface area contributed by atoms with Gasteiger partial charge in [0.2, 0.25) is 0 Å². The number of unbranched alkanes of at least 4 members (excludes halogenated alkanes) is 5. The molecule has 1 heteroatoms. The first-order valence-electron chi connectivity index (χ1n) is 10.7. The fourth-order valence-corrected chi connectivity index (χ4v) is 3.70. The van der Waals surface area contributed by atoms with Gasteiger partial charge in [-0.2, -0.15) is 0 Å². The van der Waals surface area contributed by atoms with Crippen LogP contribution in [0, 0.1) is 0 Å². The van der Waals surface area contributed by atoms with E-state index in [1.165, 1.54) is 48.8 Å². The van der Waals surface area contributed by atoms with Crippen molar-refractivity contribution in [3.8, 4) is 5.75 Å². The average Bonchev–Trinajstić information content (AvgIpc) is 2.76. The Balaban J connectivity index is 1.63. The molecule has 0 N–H and O–H groups in total. The molecule has 0 bridgehead atoms. The molecule has 3 rings (SSSR count). The fourth-order valence-electron chi connectivity index (χ4n) is 3.70. The fraction of sp³-hybridized carbons (Fsp3) is 0.333. The highest BCUT2D eigenvalue weighted by atomic mass is 16.5. The second kappa shape index (κ2) is 11.3. The quantitative estimate of drug-likeness (QED) is 0.249. The molecule has 0 unspecified atom stereocenters. The summed E-state index contributed by atoms with van der Waals surface area (Å²) in [6.45, 7) is 3.07. The summed E-state index contributed by atoms with van der Waals surface area (Å²) in [7, 11) is 0. The van der Waals surface area contributed by atoms with Crippen LogP contribution in [-0.2, 0) is 0 Å². The molecule has 0 saturated carbocycles. The Morgan fingerprint density at radius 2 is 1.07 bits per heavy atom. The van der Waals surface area contributed by atoms with Gasteiger partial charge in [0, 0.05) is 5.92 Å². The van der Waals surface area contributed by atoms with Crippen LogP contribution in [0.1, 0.15) is 68.1 Å². The number of rotatable bonds is 11. The number of hydrogen-bond donors (Lipinski definition) is 0. The van der Waals surface area contributed by atoms with Crippen molar-refractivity contribution in [1.29, 1.82) is 0 Å². The molecular weight excluding hydrogens is 340 g/mol. The van der Waals surface area contributed by atoms with Gasteiger partial charge in [0.05, 0.1) is 6.61 Å². The van der Waals surface area contributed by atoms with Crippen LogP contribution >= 0.6 is 0 Å². The van der Waals surface area contributed by atoms with Crippen molar-refractivity contribution in [3.05, 3.63) is 102 Å². The van der Waals surface area contributed by atoms with Crippen molar-refractivity contribution in [1.82, 2.24) is 0 Å². The van der Waals surface area contributed by atoms with Gasteiger partial charge in [0.15, 0.2) is 0 Å². The van der Waals surface area contributed by atoms with Crippen LogP contribution in [0.5, 0.6) is 5.75 Å². The molecule has 0 spiro atoms. The Hall–Kier alpha value is -2.54. The molecule has 0 atom stereocenters. The van der Waals surface area contributed by atoms with Crippen LogP contribution in [0.3, 0.4) is 0 Å². The molecule has 146 valence electrons. The summed E-state index contributed by atoms with van der Waals surface area (Å²) in [4.78, 5) is 0. The SMILES string of the molecule is CCCCCCCCOc1ccc(C(c2ccccc2)c2ccccc2)cc1. The second-order valence-corrected chi connectivity index (χ2v) is 7.44. The highest BCUT2D eigenvalue weighted by Gasteiger charge is 2.16. The molecule has 0 amide bonds. The van der Waals surface area contributed by atoms with Crippen LogP contribution in [0.2, 0.25) is 0 Å². The first kappa shape index (κ1) is 20.2. The van der Waals surface area contributed by atoms with Crippen molar-refractivity contribution in [2.75, 3.05) is 6.61 Å². The highest BCUT2D eigenvalue weighted by Crippen LogP contribution is 2.32. The van der Waals surface area contributed by atoms with Crippen molar-refractivity contribution in [3.63, 3.8) is 0 Å². The molecule has 3 aromatic carbocycles. The molecule has 0 saturated heterocycles. The second-order valence-electron chi connectivity index (χ2n) is 7.44. The van der Waals surface area contributed by atoms with Gasteiger partial charge in [-0.25, -0.2) is 0 Å². The third kappa shape index (κ3) is 5.99. The van der Waals surface area contributed by atoms with Crippen molar-refractivity contribution < 1.29 is 4.74 Å². The molecule has 0 radical (unpaired) electrons. The molecular formula is C27H32O. The molecule has 1 nitrogen and oxygen atoms in total. The van der Waals surface area contributed by atoms with Gasteiger partial charge in [-0.05, 0) is 35.2 Å². The van der Waals surface area contributed by atoms with Gasteiger partial charge in [0.1, 0.15) is 5.75 Å². The predicted molar refractivity (Wildman–Crippen MR) is 119 cm³/mol. The van der Waals surface area contributed by atoms with E-state index in [9.17, 15) is 0 Å². The maximum Gasteiger partial charge on any atom is 0.119 e. The zero-order valence-corrected chi connectivity index (χ0v) is 17.0. The maximum atomic E-state index is 5.96. The van der Waals surface area contributed by atoms with Gasteiger partial charge in [0.25, 0.3) is 0 Å². The maximum absolute atomic E-state index is 5.96. The summed E-state index contributed by atoms with van der Waals surface area (Å²) in [5, 5.41) is 0. The number of hydrogen-bond acceptors (Lipinski definition) is 1. The van der Waals surface area contributed by atoms with E-state index in [-0.39, 0.29) is 5.92 Å². The summed E-state index contributed by atoms with van der Waals surface area (Å²) in [6, 6.07) is 30.1. The Kier molecular flexibility index (Phi) is 8.18. The highest BCUT2D eigenvalue weighted by molar-refractivity contribution is 5.44. The monoisotopic (exact) mass is 372 g/mol. The van der Waals surface area contributed by atoms with Crippen LogP contribution < -0.4 is 4.74 Å². The van der Waals surface area contributed by atoms with E-state index in [0.29, 0.717) is 0 Å². The van der Waals surface area contributed by atoms with E-state index in [1.807, 2.05) is 0 Å². The van der Waals surface area contributed by atoms with Crippen molar-refractivity contribution in [2.45, 2.75) is 51.4 Å². The molecule has 0 aromatic heterocycles. The molecule has 0 heterocycles. The van der Waals surface area contributed by atoms with Crippen LogP contribution in [0.4, 0.5) is 0 Å². The summed E-state index contributed by atoms with van der Waals surface area (Å²) in [5.74, 6) is 1.21. The number of benzene rings is 3. The zero-order chi connectivity index (χ0) is 19.4. The summed E-state index contributed by atoms with van der Waals surface area (Å²) in [5.41, 5.74) is 3.92. The lowest BCUT2D eigenvalue weighted by molar-refractivity contribution is 0.304. The van der Waals surface area contributed by atoms with Crippen LogP contribution in [0.15, 0.2) is 84.9 Å². The topological polar surface area (TPSA) is 9.23 Å². The van der Waals surface area contributed by atoms with Gasteiger partial charge < -0.3 is 4.74 Å². The first-order chi connectivity index (χ1) is 13.9. The standard InChI is InChI=1S/C27H32O/c1-2-3-4-5-6-13-22-28-26-20-18-25(19-21-26)27(23-14-9-7-10-15-23)24-16-11-8-12-17-24/h7-12,14-21,27H,2-6,13,22H2,1H3. The lowest BCUT2D eigenvalue weighted by atomic mass is 9.85. The minimum absolute atomic E-state index is 0.245. The molecule has 28 heavy (non-hydrogen) atoms. The lowest BCUT2D eigenvalue weighted by Gasteiger charge is -2.19. The van der Waals surface area contributed by atoms with Crippen LogP contribution in [-0.4, -0.2) is 6.61 Å². The third-order valence-electron chi connectivity index (χ3n) is 5.25. The number of ether oxygens (including phenoxy) is 1. The Labute approximate surface area is 170 Å². The van der Waals surface area contributed by atoms with Gasteiger partial charge in [-0.1, -0.05) is 112 Å². The molecule has 0 aliphatic heterocycles. The predicted octanol–water partition coefficient (Wildman–Crippen LogP) is 7.61. The Bertz CT molecular complexity index is 738. The van der Waals surface area contributed by atoms with Crippen LogP contribution in [0.25, 0.3) is 0 Å². The average molecular weight is 373 g/mol. The Morgan fingerprint density at radius 1 is 0.571 bits per heavy atom. The third-order valence-corrected chi connectivity index (χ3v) is 5.25. The molecule has 0 aliphatic rings. The van der Waals surface area contributed by atoms with Crippen molar-refractivity contribution >= 4 is 0 Å². The summed E-state index contributed by atoms with van der Waals surface area (Å²) >= 11 is 0. The van der Waals surface area contributed by atoms with E-state index < -0.39 is 0 Å². The van der Waals surface area contributed by atoms with E-state index in [1.54, 1.807) is 0 Å². The Morgan fingerprint density at radius 3 is 1.64 bits per heavy atom. The zero-order valence-electron chi connectivity index (χ0n) is 17.0. The van der Waals surface area contributed by atoms with E-state index in [4.69, 9.17) is 4.74 Å². The normalized spacial score (nSPS) is 10.9. The molecule has 0 fully saturated rings. The summed E-state index contributed by atoms with van der Waals surface area (Å²) < 4.78 is 5.96. The van der Waals surface area contributed by atoms with E-state index >= 15 is 0 Å². The van der Waals surface area contributed by atoms with E-state index in [2.05, 4.69) is 91.9 Å². The molecule has 0 aliphatic carbocycles. The van der Waals surface area contributed by atoms with Gasteiger partial charge >= 0.3 is 0 Å². The minimum Gasteiger partial charge on any atom is -0.494 e. The summed E-state index contributed by atoms with van der Waals surface area (Å²) in [6.07, 6.45) is 7.74. The smallest absolute Gasteiger partial charge is 0.119 e. The first-order valence-corrected chi connectivity index (χ1v) is 10.7. The molecule has 3 aromatic rings. The largest absolute Gasteiger partial charge is 0.494 e. The van der Waals surface area contributed by atoms with E-state index in [0.717, 1.165) is 18.8 Å². The minimum atomic E-state index is 0.245. The van der Waals surface area contributed by atoms with Gasteiger partial charge in [-0.3, -0.25) is 0 Å².